The molecule has 2 atom stereocenters. The lowest BCUT2D eigenvalue weighted by molar-refractivity contribution is 0.246. The lowest BCUT2D eigenvalue weighted by Gasteiger charge is -2.21. The van der Waals surface area contributed by atoms with Gasteiger partial charge in [0.2, 0.25) is 0 Å². The van der Waals surface area contributed by atoms with E-state index in [1.807, 2.05) is 56.6 Å². The van der Waals surface area contributed by atoms with Crippen molar-refractivity contribution in [3.8, 4) is 16.9 Å². The summed E-state index contributed by atoms with van der Waals surface area (Å²) in [6.45, 7) is 3.56. The number of amides is 2. The van der Waals surface area contributed by atoms with Gasteiger partial charge >= 0.3 is 6.03 Å². The summed E-state index contributed by atoms with van der Waals surface area (Å²) in [5.41, 5.74) is 4.70. The van der Waals surface area contributed by atoms with Crippen molar-refractivity contribution < 1.29 is 18.0 Å². The number of furan rings is 1. The number of aryl methyl sites for hydroxylation is 1. The zero-order valence-electron chi connectivity index (χ0n) is 22.6. The van der Waals surface area contributed by atoms with Gasteiger partial charge in [0.15, 0.2) is 11.6 Å². The van der Waals surface area contributed by atoms with Crippen LogP contribution in [0.25, 0.3) is 16.9 Å². The number of rotatable bonds is 7. The van der Waals surface area contributed by atoms with Crippen LogP contribution in [0.5, 0.6) is 0 Å². The van der Waals surface area contributed by atoms with Gasteiger partial charge in [0.05, 0.1) is 30.5 Å². The molecule has 4 heterocycles. The maximum absolute atomic E-state index is 14.2. The number of para-hydroxylation sites is 1. The number of benzene rings is 2. The standard InChI is InChI=1S/C30H29F2N7O2/c1-19-28(22-13-33-37(2)15-22)36-39(23-6-4-3-5-7-23)29(19)35-30(40)34-27-17-38(14-20-10-11-41-18-20)16-24(27)21-8-9-25(31)26(32)12-21/h3-13,15,18,24,27H,14,16-17H2,1-2H3,(H2,34,35,40)/t24-,27+/m0/s1. The van der Waals surface area contributed by atoms with E-state index < -0.39 is 17.7 Å². The van der Waals surface area contributed by atoms with Gasteiger partial charge in [-0.2, -0.15) is 10.2 Å². The maximum atomic E-state index is 14.2. The number of hydrogen-bond donors (Lipinski definition) is 2. The highest BCUT2D eigenvalue weighted by Crippen LogP contribution is 2.32. The van der Waals surface area contributed by atoms with Gasteiger partial charge in [-0.25, -0.2) is 18.3 Å². The smallest absolute Gasteiger partial charge is 0.320 e. The van der Waals surface area contributed by atoms with E-state index in [0.717, 1.165) is 28.4 Å². The second-order valence-electron chi connectivity index (χ2n) is 10.3. The van der Waals surface area contributed by atoms with Crippen LogP contribution in [0.2, 0.25) is 0 Å². The van der Waals surface area contributed by atoms with E-state index >= 15 is 0 Å². The van der Waals surface area contributed by atoms with Gasteiger partial charge in [-0.05, 0) is 42.8 Å². The normalized spacial score (nSPS) is 17.2. The molecule has 2 amide bonds. The predicted octanol–water partition coefficient (Wildman–Crippen LogP) is 5.24. The Hall–Kier alpha value is -4.77. The van der Waals surface area contributed by atoms with E-state index in [9.17, 15) is 13.6 Å². The van der Waals surface area contributed by atoms with Gasteiger partial charge in [-0.15, -0.1) is 0 Å². The number of aromatic nitrogens is 4. The van der Waals surface area contributed by atoms with Crippen LogP contribution in [0, 0.1) is 18.6 Å². The number of nitrogens with one attached hydrogen (secondary N) is 2. The van der Waals surface area contributed by atoms with Crippen LogP contribution in [0.1, 0.15) is 22.6 Å². The van der Waals surface area contributed by atoms with Crippen LogP contribution in [-0.4, -0.2) is 49.6 Å². The third-order valence-electron chi connectivity index (χ3n) is 7.40. The summed E-state index contributed by atoms with van der Waals surface area (Å²) in [5.74, 6) is -1.55. The van der Waals surface area contributed by atoms with Gasteiger partial charge in [-0.3, -0.25) is 14.9 Å². The van der Waals surface area contributed by atoms with E-state index in [1.54, 1.807) is 34.2 Å². The van der Waals surface area contributed by atoms with Crippen molar-refractivity contribution in [2.75, 3.05) is 18.4 Å². The molecule has 1 aliphatic heterocycles. The second kappa shape index (κ2) is 11.0. The quantitative estimate of drug-likeness (QED) is 0.286. The summed E-state index contributed by atoms with van der Waals surface area (Å²) in [4.78, 5) is 15.7. The summed E-state index contributed by atoms with van der Waals surface area (Å²) < 4.78 is 36.5. The van der Waals surface area contributed by atoms with Crippen LogP contribution in [0.3, 0.4) is 0 Å². The molecule has 1 fully saturated rings. The van der Waals surface area contributed by atoms with Gasteiger partial charge in [0.1, 0.15) is 11.5 Å². The molecule has 0 spiro atoms. The van der Waals surface area contributed by atoms with E-state index in [4.69, 9.17) is 9.52 Å². The number of carbonyl (C=O) groups is 1. The summed E-state index contributed by atoms with van der Waals surface area (Å²) in [5, 5.41) is 15.2. The van der Waals surface area contributed by atoms with E-state index in [1.165, 1.54) is 6.07 Å². The monoisotopic (exact) mass is 557 g/mol. The summed E-state index contributed by atoms with van der Waals surface area (Å²) in [7, 11) is 1.83. The van der Waals surface area contributed by atoms with Crippen LogP contribution < -0.4 is 10.6 Å². The third kappa shape index (κ3) is 5.48. The minimum atomic E-state index is -0.913. The molecule has 41 heavy (non-hydrogen) atoms. The summed E-state index contributed by atoms with van der Waals surface area (Å²) in [6.07, 6.45) is 6.88. The Labute approximate surface area is 235 Å². The molecule has 1 saturated heterocycles. The molecule has 2 N–H and O–H groups in total. The number of halogens is 2. The lowest BCUT2D eigenvalue weighted by atomic mass is 9.94. The molecule has 210 valence electrons. The number of anilines is 1. The SMILES string of the molecule is Cc1c(-c2cnn(C)c2)nn(-c2ccccc2)c1NC(=O)N[C@@H]1CN(Cc2ccoc2)C[C@H]1c1ccc(F)c(F)c1. The Bertz CT molecular complexity index is 1660. The van der Waals surface area contributed by atoms with Crippen LogP contribution in [0.15, 0.2) is 83.9 Å². The fourth-order valence-electron chi connectivity index (χ4n) is 5.41. The van der Waals surface area contributed by atoms with Gasteiger partial charge in [0, 0.05) is 55.5 Å². The minimum Gasteiger partial charge on any atom is -0.472 e. The van der Waals surface area contributed by atoms with E-state index in [2.05, 4.69) is 20.6 Å². The Balaban J connectivity index is 1.28. The Kier molecular flexibility index (Phi) is 7.10. The zero-order valence-corrected chi connectivity index (χ0v) is 22.6. The zero-order chi connectivity index (χ0) is 28.5. The van der Waals surface area contributed by atoms with Crippen molar-refractivity contribution in [2.24, 2.45) is 7.05 Å². The molecular formula is C30H29F2N7O2. The maximum Gasteiger partial charge on any atom is 0.320 e. The van der Waals surface area contributed by atoms with Crippen molar-refractivity contribution in [3.63, 3.8) is 0 Å². The molecule has 0 aliphatic carbocycles. The molecule has 0 saturated carbocycles. The highest BCUT2D eigenvalue weighted by Gasteiger charge is 2.36. The number of hydrogen-bond acceptors (Lipinski definition) is 5. The van der Waals surface area contributed by atoms with E-state index in [-0.39, 0.29) is 12.0 Å². The molecule has 0 radical (unpaired) electrons. The molecule has 1 aliphatic rings. The summed E-state index contributed by atoms with van der Waals surface area (Å²) in [6, 6.07) is 14.5. The molecule has 11 heteroatoms. The molecule has 3 aromatic heterocycles. The van der Waals surface area contributed by atoms with Gasteiger partial charge < -0.3 is 9.73 Å². The fourth-order valence-corrected chi connectivity index (χ4v) is 5.41. The topological polar surface area (TPSA) is 93.2 Å². The molecule has 0 unspecified atom stereocenters. The molecule has 0 bridgehead atoms. The first-order chi connectivity index (χ1) is 19.9. The highest BCUT2D eigenvalue weighted by atomic mass is 19.2. The average molecular weight is 558 g/mol. The average Bonchev–Trinajstić information content (AvgIpc) is 3.76. The largest absolute Gasteiger partial charge is 0.472 e. The first-order valence-corrected chi connectivity index (χ1v) is 13.3. The van der Waals surface area contributed by atoms with Crippen molar-refractivity contribution in [1.82, 2.24) is 29.8 Å². The number of carbonyl (C=O) groups excluding carboxylic acids is 1. The molecular weight excluding hydrogens is 528 g/mol. The Morgan fingerprint density at radius 1 is 1.10 bits per heavy atom. The first kappa shape index (κ1) is 26.5. The van der Waals surface area contributed by atoms with Gasteiger partial charge in [0.25, 0.3) is 0 Å². The fraction of sp³-hybridized carbons (Fsp3) is 0.233. The minimum absolute atomic E-state index is 0.256. The molecule has 5 aromatic rings. The lowest BCUT2D eigenvalue weighted by Crippen LogP contribution is -2.42. The van der Waals surface area contributed by atoms with Crippen molar-refractivity contribution in [3.05, 3.63) is 108 Å². The predicted molar refractivity (Wildman–Crippen MR) is 150 cm³/mol. The first-order valence-electron chi connectivity index (χ1n) is 13.3. The molecule has 6 rings (SSSR count). The number of likely N-dealkylation sites (tertiary alicyclic amines) is 1. The van der Waals surface area contributed by atoms with Crippen molar-refractivity contribution >= 4 is 11.8 Å². The van der Waals surface area contributed by atoms with Gasteiger partial charge in [-0.1, -0.05) is 24.3 Å². The van der Waals surface area contributed by atoms with Crippen LogP contribution in [-0.2, 0) is 13.6 Å². The molecule has 2 aromatic carbocycles. The second-order valence-corrected chi connectivity index (χ2v) is 10.3. The highest BCUT2D eigenvalue weighted by molar-refractivity contribution is 5.91. The van der Waals surface area contributed by atoms with Crippen molar-refractivity contribution in [1.29, 1.82) is 0 Å². The van der Waals surface area contributed by atoms with Crippen LogP contribution >= 0.6 is 0 Å². The Morgan fingerprint density at radius 3 is 2.63 bits per heavy atom. The van der Waals surface area contributed by atoms with Crippen molar-refractivity contribution in [2.45, 2.75) is 25.4 Å². The summed E-state index contributed by atoms with van der Waals surface area (Å²) >= 11 is 0. The van der Waals surface area contributed by atoms with E-state index in [0.29, 0.717) is 36.7 Å². The van der Waals surface area contributed by atoms with Crippen LogP contribution in [0.4, 0.5) is 19.4 Å². The third-order valence-corrected chi connectivity index (χ3v) is 7.40. The number of urea groups is 1. The Morgan fingerprint density at radius 2 is 1.93 bits per heavy atom. The number of nitrogens with zero attached hydrogens (tertiary/aromatic N) is 5. The molecule has 9 nitrogen and oxygen atoms in total.